The number of aromatic nitrogens is 2. The first-order chi connectivity index (χ1) is 11.3. The molecule has 23 heavy (non-hydrogen) atoms. The van der Waals surface area contributed by atoms with E-state index in [9.17, 15) is 4.79 Å². The first-order valence-corrected chi connectivity index (χ1v) is 7.48. The van der Waals surface area contributed by atoms with Crippen molar-refractivity contribution in [3.05, 3.63) is 54.0 Å². The van der Waals surface area contributed by atoms with Crippen LogP contribution in [0.15, 0.2) is 42.9 Å². The van der Waals surface area contributed by atoms with Crippen LogP contribution in [0.4, 0.5) is 0 Å². The van der Waals surface area contributed by atoms with Crippen LogP contribution in [0, 0.1) is 11.3 Å². The number of rotatable bonds is 3. The summed E-state index contributed by atoms with van der Waals surface area (Å²) in [7, 11) is 0. The topological polar surface area (TPSA) is 79.1 Å². The molecule has 1 aliphatic rings. The van der Waals surface area contributed by atoms with Gasteiger partial charge in [-0.25, -0.2) is 4.98 Å². The van der Waals surface area contributed by atoms with Crippen LogP contribution in [0.1, 0.15) is 28.8 Å². The molecule has 2 aromatic rings. The largest absolute Gasteiger partial charge is 0.472 e. The first-order valence-electron chi connectivity index (χ1n) is 7.48. The Morgan fingerprint density at radius 1 is 1.30 bits per heavy atom. The van der Waals surface area contributed by atoms with E-state index in [4.69, 9.17) is 10.00 Å². The summed E-state index contributed by atoms with van der Waals surface area (Å²) in [6.45, 7) is 1.23. The molecule has 1 saturated heterocycles. The Morgan fingerprint density at radius 3 is 2.91 bits per heavy atom. The number of nitrogens with zero attached hydrogens (tertiary/aromatic N) is 4. The van der Waals surface area contributed by atoms with Crippen molar-refractivity contribution in [2.24, 2.45) is 0 Å². The summed E-state index contributed by atoms with van der Waals surface area (Å²) in [5.41, 5.74) is 1.14. The lowest BCUT2D eigenvalue weighted by molar-refractivity contribution is 0.0527. The number of nitriles is 1. The molecule has 1 amide bonds. The zero-order valence-electron chi connectivity index (χ0n) is 12.6. The summed E-state index contributed by atoms with van der Waals surface area (Å²) < 4.78 is 5.85. The minimum absolute atomic E-state index is 0.0144. The molecule has 0 aliphatic carbocycles. The van der Waals surface area contributed by atoms with Crippen LogP contribution in [-0.4, -0.2) is 40.0 Å². The van der Waals surface area contributed by atoms with Gasteiger partial charge in [-0.05, 0) is 31.0 Å². The standard InChI is InChI=1S/C17H16N4O2/c18-11-13-3-8-20-16(10-13)23-15-2-1-9-21(12-15)17(22)14-4-6-19-7-5-14/h3-8,10,15H,1-2,9,12H2. The summed E-state index contributed by atoms with van der Waals surface area (Å²) in [6, 6.07) is 8.74. The molecule has 1 aliphatic heterocycles. The number of pyridine rings is 2. The Hall–Kier alpha value is -2.94. The van der Waals surface area contributed by atoms with E-state index in [-0.39, 0.29) is 12.0 Å². The highest BCUT2D eigenvalue weighted by Crippen LogP contribution is 2.19. The van der Waals surface area contributed by atoms with Gasteiger partial charge < -0.3 is 9.64 Å². The molecule has 0 radical (unpaired) electrons. The Morgan fingerprint density at radius 2 is 2.13 bits per heavy atom. The molecule has 3 heterocycles. The quantitative estimate of drug-likeness (QED) is 0.867. The van der Waals surface area contributed by atoms with E-state index in [0.29, 0.717) is 30.1 Å². The number of piperidine rings is 1. The van der Waals surface area contributed by atoms with Crippen molar-refractivity contribution in [1.29, 1.82) is 5.26 Å². The smallest absolute Gasteiger partial charge is 0.254 e. The van der Waals surface area contributed by atoms with E-state index in [1.165, 1.54) is 0 Å². The highest BCUT2D eigenvalue weighted by Gasteiger charge is 2.26. The van der Waals surface area contributed by atoms with Gasteiger partial charge in [-0.15, -0.1) is 0 Å². The van der Waals surface area contributed by atoms with Crippen LogP contribution in [0.5, 0.6) is 5.88 Å². The summed E-state index contributed by atoms with van der Waals surface area (Å²) in [5.74, 6) is 0.409. The van der Waals surface area contributed by atoms with Gasteiger partial charge in [-0.2, -0.15) is 5.26 Å². The van der Waals surface area contributed by atoms with Gasteiger partial charge in [0.2, 0.25) is 5.88 Å². The molecule has 0 spiro atoms. The monoisotopic (exact) mass is 308 g/mol. The third-order valence-electron chi connectivity index (χ3n) is 3.74. The molecule has 0 bridgehead atoms. The van der Waals surface area contributed by atoms with Crippen molar-refractivity contribution in [2.45, 2.75) is 18.9 Å². The average Bonchev–Trinajstić information content (AvgIpc) is 2.62. The van der Waals surface area contributed by atoms with Crippen molar-refractivity contribution < 1.29 is 9.53 Å². The van der Waals surface area contributed by atoms with Crippen LogP contribution >= 0.6 is 0 Å². The molecule has 2 aromatic heterocycles. The fourth-order valence-electron chi connectivity index (χ4n) is 2.61. The van der Waals surface area contributed by atoms with Gasteiger partial charge in [0.15, 0.2) is 0 Å². The van der Waals surface area contributed by atoms with Crippen LogP contribution in [0.2, 0.25) is 0 Å². The third-order valence-corrected chi connectivity index (χ3v) is 3.74. The highest BCUT2D eigenvalue weighted by molar-refractivity contribution is 5.94. The Bertz CT molecular complexity index is 727. The van der Waals surface area contributed by atoms with E-state index in [1.54, 1.807) is 47.8 Å². The molecule has 0 saturated carbocycles. The lowest BCUT2D eigenvalue weighted by Gasteiger charge is -2.32. The van der Waals surface area contributed by atoms with Gasteiger partial charge in [-0.3, -0.25) is 9.78 Å². The SMILES string of the molecule is N#Cc1ccnc(OC2CCCN(C(=O)c3ccncc3)C2)c1. The van der Waals surface area contributed by atoms with Gasteiger partial charge in [0.1, 0.15) is 6.10 Å². The number of likely N-dealkylation sites (tertiary alicyclic amines) is 1. The van der Waals surface area contributed by atoms with E-state index >= 15 is 0 Å². The first kappa shape index (κ1) is 15.0. The van der Waals surface area contributed by atoms with Crippen LogP contribution in [0.3, 0.4) is 0 Å². The lowest BCUT2D eigenvalue weighted by atomic mass is 10.1. The third kappa shape index (κ3) is 3.64. The van der Waals surface area contributed by atoms with E-state index < -0.39 is 0 Å². The van der Waals surface area contributed by atoms with Gasteiger partial charge in [0.05, 0.1) is 18.2 Å². The molecule has 1 unspecified atom stereocenters. The number of ether oxygens (including phenoxy) is 1. The summed E-state index contributed by atoms with van der Waals surface area (Å²) >= 11 is 0. The second-order valence-corrected chi connectivity index (χ2v) is 5.36. The van der Waals surface area contributed by atoms with E-state index in [0.717, 1.165) is 12.8 Å². The van der Waals surface area contributed by atoms with Crippen LogP contribution in [0.25, 0.3) is 0 Å². The van der Waals surface area contributed by atoms with Crippen molar-refractivity contribution in [3.8, 4) is 11.9 Å². The van der Waals surface area contributed by atoms with E-state index in [1.807, 2.05) is 0 Å². The highest BCUT2D eigenvalue weighted by atomic mass is 16.5. The number of carbonyl (C=O) groups is 1. The second-order valence-electron chi connectivity index (χ2n) is 5.36. The zero-order valence-corrected chi connectivity index (χ0v) is 12.6. The Labute approximate surface area is 134 Å². The number of hydrogen-bond acceptors (Lipinski definition) is 5. The summed E-state index contributed by atoms with van der Waals surface area (Å²) in [4.78, 5) is 22.3. The van der Waals surface area contributed by atoms with Gasteiger partial charge in [0, 0.05) is 36.8 Å². The second kappa shape index (κ2) is 6.88. The lowest BCUT2D eigenvalue weighted by Crippen LogP contribution is -2.44. The molecule has 0 aromatic carbocycles. The van der Waals surface area contributed by atoms with Gasteiger partial charge >= 0.3 is 0 Å². The van der Waals surface area contributed by atoms with Crippen LogP contribution < -0.4 is 4.74 Å². The predicted octanol–water partition coefficient (Wildman–Crippen LogP) is 2.03. The number of amides is 1. The molecular weight excluding hydrogens is 292 g/mol. The average molecular weight is 308 g/mol. The normalized spacial score (nSPS) is 17.3. The Balaban J connectivity index is 1.66. The molecule has 1 atom stereocenters. The van der Waals surface area contributed by atoms with Crippen molar-refractivity contribution in [1.82, 2.24) is 14.9 Å². The van der Waals surface area contributed by atoms with E-state index in [2.05, 4.69) is 16.0 Å². The van der Waals surface area contributed by atoms with Gasteiger partial charge in [0.25, 0.3) is 5.91 Å². The molecule has 0 N–H and O–H groups in total. The fraction of sp³-hybridized carbons (Fsp3) is 0.294. The summed E-state index contributed by atoms with van der Waals surface area (Å²) in [5, 5.41) is 8.92. The zero-order chi connectivity index (χ0) is 16.1. The molecule has 116 valence electrons. The predicted molar refractivity (Wildman–Crippen MR) is 82.7 cm³/mol. The fourth-order valence-corrected chi connectivity index (χ4v) is 2.61. The molecule has 6 nitrogen and oxygen atoms in total. The van der Waals surface area contributed by atoms with Crippen molar-refractivity contribution in [3.63, 3.8) is 0 Å². The molecule has 1 fully saturated rings. The van der Waals surface area contributed by atoms with Crippen molar-refractivity contribution in [2.75, 3.05) is 13.1 Å². The Kier molecular flexibility index (Phi) is 4.48. The van der Waals surface area contributed by atoms with Crippen LogP contribution in [-0.2, 0) is 0 Å². The minimum Gasteiger partial charge on any atom is -0.472 e. The molecular formula is C17H16N4O2. The maximum absolute atomic E-state index is 12.5. The number of carbonyl (C=O) groups excluding carboxylic acids is 1. The minimum atomic E-state index is -0.115. The molecule has 3 rings (SSSR count). The maximum atomic E-state index is 12.5. The number of hydrogen-bond donors (Lipinski definition) is 0. The maximum Gasteiger partial charge on any atom is 0.254 e. The summed E-state index contributed by atoms with van der Waals surface area (Å²) in [6.07, 6.45) is 6.40. The molecule has 6 heteroatoms. The van der Waals surface area contributed by atoms with Crippen molar-refractivity contribution >= 4 is 5.91 Å². The van der Waals surface area contributed by atoms with Gasteiger partial charge in [-0.1, -0.05) is 0 Å².